The van der Waals surface area contributed by atoms with Crippen LogP contribution >= 0.6 is 11.3 Å². The van der Waals surface area contributed by atoms with Gasteiger partial charge in [0, 0.05) is 56.8 Å². The van der Waals surface area contributed by atoms with Gasteiger partial charge in [0.15, 0.2) is 5.13 Å². The van der Waals surface area contributed by atoms with E-state index in [2.05, 4.69) is 51.3 Å². The van der Waals surface area contributed by atoms with Crippen molar-refractivity contribution >= 4 is 28.3 Å². The largest absolute Gasteiger partial charge is 0.342 e. The number of piperazine rings is 1. The SMILES string of the molecule is Cc1cccc(Cc2cnc(NC(=O)CN3CCN(CC(=O)N4CCCC4)CC3)s2)c1. The van der Waals surface area contributed by atoms with Gasteiger partial charge in [0.1, 0.15) is 0 Å². The minimum absolute atomic E-state index is 0.0296. The summed E-state index contributed by atoms with van der Waals surface area (Å²) in [5.41, 5.74) is 2.50. The maximum Gasteiger partial charge on any atom is 0.240 e. The van der Waals surface area contributed by atoms with E-state index in [1.54, 1.807) is 0 Å². The van der Waals surface area contributed by atoms with Crippen molar-refractivity contribution in [1.29, 1.82) is 0 Å². The van der Waals surface area contributed by atoms with E-state index in [1.807, 2.05) is 11.1 Å². The van der Waals surface area contributed by atoms with Crippen molar-refractivity contribution in [2.75, 3.05) is 57.7 Å². The summed E-state index contributed by atoms with van der Waals surface area (Å²) >= 11 is 1.53. The minimum atomic E-state index is -0.0296. The molecule has 0 bridgehead atoms. The van der Waals surface area contributed by atoms with E-state index in [0.29, 0.717) is 18.2 Å². The Balaban J connectivity index is 1.18. The van der Waals surface area contributed by atoms with E-state index in [1.165, 1.54) is 22.5 Å². The maximum atomic E-state index is 12.5. The number of carbonyl (C=O) groups excluding carboxylic acids is 2. The summed E-state index contributed by atoms with van der Waals surface area (Å²) < 4.78 is 0. The van der Waals surface area contributed by atoms with E-state index >= 15 is 0 Å². The zero-order valence-corrected chi connectivity index (χ0v) is 19.0. The number of hydrogen-bond donors (Lipinski definition) is 1. The molecule has 31 heavy (non-hydrogen) atoms. The zero-order chi connectivity index (χ0) is 21.6. The summed E-state index contributed by atoms with van der Waals surface area (Å²) in [6.07, 6.45) is 4.92. The summed E-state index contributed by atoms with van der Waals surface area (Å²) in [5.74, 6) is 0.215. The lowest BCUT2D eigenvalue weighted by Crippen LogP contribution is -2.51. The summed E-state index contributed by atoms with van der Waals surface area (Å²) in [6, 6.07) is 8.45. The molecule has 2 aromatic rings. The third-order valence-corrected chi connectivity index (χ3v) is 6.82. The van der Waals surface area contributed by atoms with Crippen molar-refractivity contribution in [3.8, 4) is 0 Å². The Morgan fingerprint density at radius 3 is 2.45 bits per heavy atom. The van der Waals surface area contributed by atoms with Gasteiger partial charge in [-0.25, -0.2) is 4.98 Å². The van der Waals surface area contributed by atoms with E-state index in [4.69, 9.17) is 0 Å². The third-order valence-electron chi connectivity index (χ3n) is 5.91. The molecule has 8 heteroatoms. The van der Waals surface area contributed by atoms with Crippen LogP contribution in [0.3, 0.4) is 0 Å². The molecule has 2 saturated heterocycles. The lowest BCUT2D eigenvalue weighted by molar-refractivity contribution is -0.132. The minimum Gasteiger partial charge on any atom is -0.342 e. The fraction of sp³-hybridized carbons (Fsp3) is 0.522. The molecule has 1 N–H and O–H groups in total. The van der Waals surface area contributed by atoms with Gasteiger partial charge >= 0.3 is 0 Å². The second-order valence-electron chi connectivity index (χ2n) is 8.49. The molecule has 2 aliphatic heterocycles. The molecule has 166 valence electrons. The van der Waals surface area contributed by atoms with Crippen molar-refractivity contribution < 1.29 is 9.59 Å². The molecular formula is C23H31N5O2S. The number of likely N-dealkylation sites (tertiary alicyclic amines) is 1. The fourth-order valence-corrected chi connectivity index (χ4v) is 5.06. The van der Waals surface area contributed by atoms with Gasteiger partial charge in [-0.3, -0.25) is 19.4 Å². The molecule has 0 radical (unpaired) electrons. The van der Waals surface area contributed by atoms with E-state index in [9.17, 15) is 9.59 Å². The van der Waals surface area contributed by atoms with Crippen LogP contribution in [-0.4, -0.2) is 83.9 Å². The van der Waals surface area contributed by atoms with Crippen LogP contribution < -0.4 is 5.32 Å². The molecule has 2 aliphatic rings. The second kappa shape index (κ2) is 10.3. The molecule has 0 spiro atoms. The summed E-state index contributed by atoms with van der Waals surface area (Å²) in [5, 5.41) is 3.59. The van der Waals surface area contributed by atoms with Gasteiger partial charge < -0.3 is 10.2 Å². The first kappa shape index (κ1) is 21.9. The fourth-order valence-electron chi connectivity index (χ4n) is 4.20. The van der Waals surface area contributed by atoms with Crippen molar-refractivity contribution in [2.24, 2.45) is 0 Å². The van der Waals surface area contributed by atoms with Gasteiger partial charge in [-0.15, -0.1) is 11.3 Å². The van der Waals surface area contributed by atoms with E-state index in [0.717, 1.165) is 63.4 Å². The maximum absolute atomic E-state index is 12.5. The Bertz CT molecular complexity index is 901. The number of rotatable bonds is 7. The first-order valence-corrected chi connectivity index (χ1v) is 11.9. The Morgan fingerprint density at radius 2 is 1.74 bits per heavy atom. The smallest absolute Gasteiger partial charge is 0.240 e. The van der Waals surface area contributed by atoms with Crippen LogP contribution in [0.25, 0.3) is 0 Å². The zero-order valence-electron chi connectivity index (χ0n) is 18.2. The summed E-state index contributed by atoms with van der Waals surface area (Å²) in [7, 11) is 0. The first-order chi connectivity index (χ1) is 15.0. The highest BCUT2D eigenvalue weighted by atomic mass is 32.1. The number of nitrogens with zero attached hydrogens (tertiary/aromatic N) is 4. The van der Waals surface area contributed by atoms with Crippen LogP contribution in [0, 0.1) is 6.92 Å². The Hall–Kier alpha value is -2.29. The highest BCUT2D eigenvalue weighted by Crippen LogP contribution is 2.21. The molecule has 4 rings (SSSR count). The second-order valence-corrected chi connectivity index (χ2v) is 9.60. The predicted molar refractivity (Wildman–Crippen MR) is 123 cm³/mol. The van der Waals surface area contributed by atoms with Gasteiger partial charge in [0.05, 0.1) is 13.1 Å². The number of aryl methyl sites for hydroxylation is 1. The standard InChI is InChI=1S/C23H31N5O2S/c1-18-5-4-6-19(13-18)14-20-15-24-23(31-20)25-21(29)16-26-9-11-27(12-10-26)17-22(30)28-7-2-3-8-28/h4-6,13,15H,2-3,7-12,14,16-17H2,1H3,(H,24,25,29). The third kappa shape index (κ3) is 6.35. The predicted octanol–water partition coefficient (Wildman–Crippen LogP) is 2.22. The van der Waals surface area contributed by atoms with Gasteiger partial charge in [-0.1, -0.05) is 29.8 Å². The molecular weight excluding hydrogens is 410 g/mol. The molecule has 1 aromatic heterocycles. The highest BCUT2D eigenvalue weighted by Gasteiger charge is 2.24. The van der Waals surface area contributed by atoms with Gasteiger partial charge in [0.2, 0.25) is 11.8 Å². The van der Waals surface area contributed by atoms with Crippen molar-refractivity contribution in [3.63, 3.8) is 0 Å². The number of anilines is 1. The number of amides is 2. The highest BCUT2D eigenvalue weighted by molar-refractivity contribution is 7.15. The number of hydrogen-bond acceptors (Lipinski definition) is 6. The average Bonchev–Trinajstić information content (AvgIpc) is 3.42. The van der Waals surface area contributed by atoms with E-state index < -0.39 is 0 Å². The number of aromatic nitrogens is 1. The quantitative estimate of drug-likeness (QED) is 0.714. The Morgan fingerprint density at radius 1 is 1.03 bits per heavy atom. The molecule has 0 unspecified atom stereocenters. The average molecular weight is 442 g/mol. The monoisotopic (exact) mass is 441 g/mol. The normalized spacial score (nSPS) is 17.8. The number of carbonyl (C=O) groups is 2. The first-order valence-electron chi connectivity index (χ1n) is 11.1. The van der Waals surface area contributed by atoms with Crippen molar-refractivity contribution in [3.05, 3.63) is 46.5 Å². The summed E-state index contributed by atoms with van der Waals surface area (Å²) in [4.78, 5) is 36.6. The van der Waals surface area contributed by atoms with Gasteiger partial charge in [-0.05, 0) is 25.3 Å². The van der Waals surface area contributed by atoms with Crippen LogP contribution in [0.5, 0.6) is 0 Å². The topological polar surface area (TPSA) is 68.8 Å². The van der Waals surface area contributed by atoms with Gasteiger partial charge in [-0.2, -0.15) is 0 Å². The molecule has 1 aromatic carbocycles. The lowest BCUT2D eigenvalue weighted by Gasteiger charge is -2.34. The Kier molecular flexibility index (Phi) is 7.32. The molecule has 0 aliphatic carbocycles. The number of nitrogens with one attached hydrogen (secondary N) is 1. The van der Waals surface area contributed by atoms with Gasteiger partial charge in [0.25, 0.3) is 0 Å². The number of benzene rings is 1. The van der Waals surface area contributed by atoms with Crippen molar-refractivity contribution in [1.82, 2.24) is 19.7 Å². The van der Waals surface area contributed by atoms with Crippen LogP contribution in [0.2, 0.25) is 0 Å². The van der Waals surface area contributed by atoms with Crippen LogP contribution in [0.15, 0.2) is 30.5 Å². The molecule has 3 heterocycles. The number of thiazole rings is 1. The van der Waals surface area contributed by atoms with Crippen molar-refractivity contribution in [2.45, 2.75) is 26.2 Å². The van der Waals surface area contributed by atoms with Crippen LogP contribution in [-0.2, 0) is 16.0 Å². The Labute approximate surface area is 188 Å². The molecule has 0 saturated carbocycles. The van der Waals surface area contributed by atoms with E-state index in [-0.39, 0.29) is 11.8 Å². The molecule has 2 fully saturated rings. The molecule has 2 amide bonds. The molecule has 7 nitrogen and oxygen atoms in total. The summed E-state index contributed by atoms with van der Waals surface area (Å²) in [6.45, 7) is 8.02. The van der Waals surface area contributed by atoms with Crippen LogP contribution in [0.1, 0.15) is 28.8 Å². The lowest BCUT2D eigenvalue weighted by atomic mass is 10.1. The van der Waals surface area contributed by atoms with Crippen LogP contribution in [0.4, 0.5) is 5.13 Å². The molecule has 0 atom stereocenters.